The molecule has 0 saturated carbocycles. The molecule has 0 spiro atoms. The van der Waals surface area contributed by atoms with Crippen LogP contribution in [0.4, 0.5) is 5.69 Å². The predicted molar refractivity (Wildman–Crippen MR) is 81.9 cm³/mol. The summed E-state index contributed by atoms with van der Waals surface area (Å²) in [4.78, 5) is 11.8. The molecule has 1 amide bonds. The monoisotopic (exact) mass is 338 g/mol. The second-order valence-corrected chi connectivity index (χ2v) is 7.40. The highest BCUT2D eigenvalue weighted by molar-refractivity contribution is 7.92. The Balaban J connectivity index is 3.11. The fraction of sp³-hybridized carbons (Fsp3) is 0.417. The first kappa shape index (κ1) is 17.1. The van der Waals surface area contributed by atoms with Gasteiger partial charge in [-0.15, -0.1) is 0 Å². The number of rotatable bonds is 5. The minimum Gasteiger partial charge on any atom is -0.352 e. The first-order valence-corrected chi connectivity index (χ1v) is 8.43. The summed E-state index contributed by atoms with van der Waals surface area (Å²) in [6.07, 6.45) is 1.02. The molecule has 1 rings (SSSR count). The molecule has 0 aliphatic carbocycles. The van der Waals surface area contributed by atoms with E-state index in [2.05, 4.69) is 5.32 Å². The van der Waals surface area contributed by atoms with E-state index in [0.717, 1.165) is 10.6 Å². The van der Waals surface area contributed by atoms with Crippen LogP contribution in [0.2, 0.25) is 10.0 Å². The van der Waals surface area contributed by atoms with Crippen molar-refractivity contribution in [2.75, 3.05) is 17.1 Å². The van der Waals surface area contributed by atoms with E-state index < -0.39 is 15.9 Å². The van der Waals surface area contributed by atoms with Crippen molar-refractivity contribution >= 4 is 44.8 Å². The van der Waals surface area contributed by atoms with Crippen LogP contribution in [0.1, 0.15) is 13.8 Å². The third-order valence-corrected chi connectivity index (χ3v) is 3.85. The Bertz CT molecular complexity index is 582. The van der Waals surface area contributed by atoms with Crippen molar-refractivity contribution in [1.82, 2.24) is 5.32 Å². The molecular formula is C12H16Cl2N2O3S. The van der Waals surface area contributed by atoms with Gasteiger partial charge >= 0.3 is 0 Å². The normalized spacial score (nSPS) is 11.5. The molecule has 0 saturated heterocycles. The number of anilines is 1. The number of sulfonamides is 1. The van der Waals surface area contributed by atoms with E-state index in [-0.39, 0.29) is 18.3 Å². The van der Waals surface area contributed by atoms with Gasteiger partial charge in [0.25, 0.3) is 0 Å². The maximum absolute atomic E-state index is 11.8. The van der Waals surface area contributed by atoms with Crippen LogP contribution in [0.5, 0.6) is 0 Å². The van der Waals surface area contributed by atoms with Gasteiger partial charge in [-0.25, -0.2) is 8.42 Å². The van der Waals surface area contributed by atoms with Crippen molar-refractivity contribution in [3.05, 3.63) is 28.2 Å². The summed E-state index contributed by atoms with van der Waals surface area (Å²) in [5.74, 6) is -0.401. The summed E-state index contributed by atoms with van der Waals surface area (Å²) < 4.78 is 24.6. The lowest BCUT2D eigenvalue weighted by Crippen LogP contribution is -2.42. The van der Waals surface area contributed by atoms with Gasteiger partial charge in [0.05, 0.1) is 11.9 Å². The Morgan fingerprint density at radius 3 is 2.15 bits per heavy atom. The first-order valence-electron chi connectivity index (χ1n) is 5.83. The van der Waals surface area contributed by atoms with E-state index in [9.17, 15) is 13.2 Å². The van der Waals surface area contributed by atoms with Gasteiger partial charge in [0.1, 0.15) is 6.54 Å². The summed E-state index contributed by atoms with van der Waals surface area (Å²) in [6, 6.07) is 4.29. The topological polar surface area (TPSA) is 66.5 Å². The van der Waals surface area contributed by atoms with Crippen molar-refractivity contribution < 1.29 is 13.2 Å². The summed E-state index contributed by atoms with van der Waals surface area (Å²) in [7, 11) is -3.63. The number of benzene rings is 1. The van der Waals surface area contributed by atoms with Crippen molar-refractivity contribution in [2.45, 2.75) is 19.9 Å². The Morgan fingerprint density at radius 2 is 1.75 bits per heavy atom. The number of hydrogen-bond acceptors (Lipinski definition) is 3. The zero-order chi connectivity index (χ0) is 15.5. The number of nitrogens with zero attached hydrogens (tertiary/aromatic N) is 1. The molecule has 0 heterocycles. The number of hydrogen-bond donors (Lipinski definition) is 1. The van der Waals surface area contributed by atoms with Gasteiger partial charge < -0.3 is 5.32 Å². The van der Waals surface area contributed by atoms with E-state index in [1.54, 1.807) is 13.8 Å². The van der Waals surface area contributed by atoms with Crippen LogP contribution >= 0.6 is 23.2 Å². The van der Waals surface area contributed by atoms with Crippen LogP contribution < -0.4 is 9.62 Å². The molecule has 0 bridgehead atoms. The summed E-state index contributed by atoms with van der Waals surface area (Å²) in [5, 5.41) is 3.23. The molecule has 1 aromatic carbocycles. The Morgan fingerprint density at radius 1 is 1.25 bits per heavy atom. The lowest BCUT2D eigenvalue weighted by atomic mass is 10.3. The number of carbonyl (C=O) groups excluding carboxylic acids is 1. The molecule has 0 aromatic heterocycles. The lowest BCUT2D eigenvalue weighted by Gasteiger charge is -2.23. The number of nitrogens with one attached hydrogen (secondary N) is 1. The quantitative estimate of drug-likeness (QED) is 0.895. The first-order chi connectivity index (χ1) is 9.09. The van der Waals surface area contributed by atoms with Crippen LogP contribution in [0.15, 0.2) is 18.2 Å². The largest absolute Gasteiger partial charge is 0.352 e. The highest BCUT2D eigenvalue weighted by Gasteiger charge is 2.21. The van der Waals surface area contributed by atoms with E-state index in [4.69, 9.17) is 23.2 Å². The van der Waals surface area contributed by atoms with Crippen LogP contribution in [-0.2, 0) is 14.8 Å². The molecule has 0 unspecified atom stereocenters. The highest BCUT2D eigenvalue weighted by Crippen LogP contribution is 2.26. The maximum atomic E-state index is 11.8. The second-order valence-electron chi connectivity index (χ2n) is 4.62. The summed E-state index contributed by atoms with van der Waals surface area (Å²) in [5.41, 5.74) is 0.254. The van der Waals surface area contributed by atoms with Gasteiger partial charge in [0.15, 0.2) is 0 Å². The fourth-order valence-corrected chi connectivity index (χ4v) is 2.94. The molecule has 0 atom stereocenters. The number of amides is 1. The van der Waals surface area contributed by atoms with Gasteiger partial charge in [0, 0.05) is 16.1 Å². The SMILES string of the molecule is CC(C)NC(=O)CN(c1cc(Cl)cc(Cl)c1)S(C)(=O)=O. The molecule has 0 fully saturated rings. The Labute approximate surface area is 128 Å². The van der Waals surface area contributed by atoms with E-state index in [1.807, 2.05) is 0 Å². The van der Waals surface area contributed by atoms with E-state index in [0.29, 0.717) is 10.0 Å². The van der Waals surface area contributed by atoms with Gasteiger partial charge in [-0.2, -0.15) is 0 Å². The van der Waals surface area contributed by atoms with Gasteiger partial charge in [-0.3, -0.25) is 9.10 Å². The molecule has 1 N–H and O–H groups in total. The molecule has 8 heteroatoms. The highest BCUT2D eigenvalue weighted by atomic mass is 35.5. The number of carbonyl (C=O) groups is 1. The summed E-state index contributed by atoms with van der Waals surface area (Å²) in [6.45, 7) is 3.26. The molecule has 0 aliphatic heterocycles. The summed E-state index contributed by atoms with van der Waals surface area (Å²) >= 11 is 11.7. The fourth-order valence-electron chi connectivity index (χ4n) is 1.58. The second kappa shape index (κ2) is 6.65. The van der Waals surface area contributed by atoms with Crippen LogP contribution in [-0.4, -0.2) is 33.2 Å². The van der Waals surface area contributed by atoms with Crippen LogP contribution in [0.3, 0.4) is 0 Å². The standard InChI is InChI=1S/C12H16Cl2N2O3S/c1-8(2)15-12(17)7-16(20(3,18)19)11-5-9(13)4-10(14)6-11/h4-6,8H,7H2,1-3H3,(H,15,17). The molecule has 5 nitrogen and oxygen atoms in total. The Hall–Kier alpha value is -0.980. The third kappa shape index (κ3) is 5.19. The van der Waals surface area contributed by atoms with Gasteiger partial charge in [-0.1, -0.05) is 23.2 Å². The number of halogens is 2. The molecule has 0 aliphatic rings. The zero-order valence-electron chi connectivity index (χ0n) is 11.4. The average Bonchev–Trinajstić information content (AvgIpc) is 2.21. The van der Waals surface area contributed by atoms with Crippen LogP contribution in [0.25, 0.3) is 0 Å². The minimum absolute atomic E-state index is 0.0770. The molecule has 1 aromatic rings. The molecule has 112 valence electrons. The van der Waals surface area contributed by atoms with Crippen molar-refractivity contribution in [2.24, 2.45) is 0 Å². The van der Waals surface area contributed by atoms with Crippen molar-refractivity contribution in [3.63, 3.8) is 0 Å². The molecular weight excluding hydrogens is 323 g/mol. The maximum Gasteiger partial charge on any atom is 0.240 e. The average molecular weight is 339 g/mol. The van der Waals surface area contributed by atoms with E-state index in [1.165, 1.54) is 18.2 Å². The third-order valence-electron chi connectivity index (χ3n) is 2.27. The van der Waals surface area contributed by atoms with Crippen molar-refractivity contribution in [1.29, 1.82) is 0 Å². The van der Waals surface area contributed by atoms with Crippen LogP contribution in [0, 0.1) is 0 Å². The van der Waals surface area contributed by atoms with E-state index >= 15 is 0 Å². The smallest absolute Gasteiger partial charge is 0.240 e. The van der Waals surface area contributed by atoms with Gasteiger partial charge in [0.2, 0.25) is 15.9 Å². The minimum atomic E-state index is -3.63. The van der Waals surface area contributed by atoms with Crippen molar-refractivity contribution in [3.8, 4) is 0 Å². The van der Waals surface area contributed by atoms with Gasteiger partial charge in [-0.05, 0) is 32.0 Å². The molecule has 20 heavy (non-hydrogen) atoms. The zero-order valence-corrected chi connectivity index (χ0v) is 13.7. The lowest BCUT2D eigenvalue weighted by molar-refractivity contribution is -0.120. The molecule has 0 radical (unpaired) electrons. The predicted octanol–water partition coefficient (Wildman–Crippen LogP) is 2.28. The Kier molecular flexibility index (Phi) is 5.68.